The second-order valence-electron chi connectivity index (χ2n) is 7.68. The van der Waals surface area contributed by atoms with Crippen molar-refractivity contribution in [3.8, 4) is 23.0 Å². The lowest BCUT2D eigenvalue weighted by Gasteiger charge is -2.22. The van der Waals surface area contributed by atoms with Gasteiger partial charge in [-0.3, -0.25) is 4.79 Å². The van der Waals surface area contributed by atoms with Gasteiger partial charge in [0.05, 0.1) is 12.7 Å². The standard InChI is InChI=1S/C27H22O5/c1-17-20(13-19-5-3-4-6-24(19)31-17)14-26-27(28)23-12-11-22(15-25(23)32-26)30-16-18-7-9-21(29-2)10-8-18/h3-15,17H,16H2,1-2H3/b26-14-/t17-/m1/s1. The Labute approximate surface area is 186 Å². The summed E-state index contributed by atoms with van der Waals surface area (Å²) < 4.78 is 22.9. The van der Waals surface area contributed by atoms with Gasteiger partial charge in [-0.05, 0) is 60.5 Å². The van der Waals surface area contributed by atoms with Crippen LogP contribution in [0.1, 0.15) is 28.4 Å². The Hall–Kier alpha value is -3.99. The molecule has 0 spiro atoms. The number of hydrogen-bond acceptors (Lipinski definition) is 5. The molecule has 0 unspecified atom stereocenters. The highest BCUT2D eigenvalue weighted by atomic mass is 16.5. The van der Waals surface area contributed by atoms with Crippen molar-refractivity contribution in [2.75, 3.05) is 7.11 Å². The molecule has 0 N–H and O–H groups in total. The van der Waals surface area contributed by atoms with Crippen LogP contribution >= 0.6 is 0 Å². The molecule has 5 rings (SSSR count). The molecule has 0 radical (unpaired) electrons. The Morgan fingerprint density at radius 2 is 1.75 bits per heavy atom. The van der Waals surface area contributed by atoms with Gasteiger partial charge in [0.25, 0.3) is 0 Å². The fraction of sp³-hybridized carbons (Fsp3) is 0.148. The van der Waals surface area contributed by atoms with E-state index in [0.717, 1.165) is 28.2 Å². The van der Waals surface area contributed by atoms with Gasteiger partial charge in [0.1, 0.15) is 35.7 Å². The molecule has 0 saturated heterocycles. The molecule has 1 atom stereocenters. The number of carbonyl (C=O) groups excluding carboxylic acids is 1. The van der Waals surface area contributed by atoms with Crippen molar-refractivity contribution in [3.63, 3.8) is 0 Å². The molecule has 3 aromatic carbocycles. The summed E-state index contributed by atoms with van der Waals surface area (Å²) in [7, 11) is 1.64. The molecule has 0 bridgehead atoms. The number of Topliss-reactive ketones (excluding diaryl/α,β-unsaturated/α-hetero) is 1. The van der Waals surface area contributed by atoms with Gasteiger partial charge < -0.3 is 18.9 Å². The summed E-state index contributed by atoms with van der Waals surface area (Å²) in [5.74, 6) is 2.91. The van der Waals surface area contributed by atoms with E-state index in [2.05, 4.69) is 0 Å². The van der Waals surface area contributed by atoms with Crippen molar-refractivity contribution in [1.29, 1.82) is 0 Å². The smallest absolute Gasteiger partial charge is 0.231 e. The summed E-state index contributed by atoms with van der Waals surface area (Å²) in [5, 5.41) is 0. The number of carbonyl (C=O) groups is 1. The maximum Gasteiger partial charge on any atom is 0.231 e. The van der Waals surface area contributed by atoms with Crippen molar-refractivity contribution in [3.05, 3.63) is 101 Å². The van der Waals surface area contributed by atoms with Crippen molar-refractivity contribution in [2.24, 2.45) is 0 Å². The van der Waals surface area contributed by atoms with Gasteiger partial charge in [-0.2, -0.15) is 0 Å². The molecule has 0 saturated carbocycles. The third-order valence-electron chi connectivity index (χ3n) is 5.52. The van der Waals surface area contributed by atoms with Gasteiger partial charge >= 0.3 is 0 Å². The zero-order valence-corrected chi connectivity index (χ0v) is 17.8. The molecule has 5 heteroatoms. The highest BCUT2D eigenvalue weighted by Gasteiger charge is 2.29. The number of rotatable bonds is 5. The van der Waals surface area contributed by atoms with Gasteiger partial charge in [-0.1, -0.05) is 30.3 Å². The van der Waals surface area contributed by atoms with E-state index in [1.54, 1.807) is 31.4 Å². The number of fused-ring (bicyclic) bond motifs is 2. The minimum atomic E-state index is -0.180. The normalized spacial score (nSPS) is 17.7. The zero-order chi connectivity index (χ0) is 22.1. The largest absolute Gasteiger partial charge is 0.497 e. The number of ether oxygens (including phenoxy) is 4. The first-order valence-corrected chi connectivity index (χ1v) is 10.4. The van der Waals surface area contributed by atoms with Gasteiger partial charge in [0.2, 0.25) is 5.78 Å². The van der Waals surface area contributed by atoms with Gasteiger partial charge in [0.15, 0.2) is 5.76 Å². The predicted molar refractivity (Wildman–Crippen MR) is 121 cm³/mol. The van der Waals surface area contributed by atoms with E-state index in [-0.39, 0.29) is 17.6 Å². The summed E-state index contributed by atoms with van der Waals surface area (Å²) >= 11 is 0. The molecular formula is C27H22O5. The molecule has 0 aliphatic carbocycles. The van der Waals surface area contributed by atoms with Gasteiger partial charge in [0, 0.05) is 11.6 Å². The quantitative estimate of drug-likeness (QED) is 0.497. The number of hydrogen-bond donors (Lipinski definition) is 0. The Bertz CT molecular complexity index is 1240. The summed E-state index contributed by atoms with van der Waals surface area (Å²) in [6, 6.07) is 20.8. The molecule has 2 aliphatic heterocycles. The highest BCUT2D eigenvalue weighted by molar-refractivity contribution is 6.12. The first kappa shape index (κ1) is 19.9. The number of allylic oxidation sites excluding steroid dienone is 1. The third-order valence-corrected chi connectivity index (χ3v) is 5.52. The van der Waals surface area contributed by atoms with Gasteiger partial charge in [-0.25, -0.2) is 0 Å². The van der Waals surface area contributed by atoms with E-state index in [9.17, 15) is 4.79 Å². The maximum atomic E-state index is 12.9. The summed E-state index contributed by atoms with van der Waals surface area (Å²) in [6.45, 7) is 2.36. The van der Waals surface area contributed by atoms with Gasteiger partial charge in [-0.15, -0.1) is 0 Å². The van der Waals surface area contributed by atoms with Crippen LogP contribution in [-0.2, 0) is 6.61 Å². The Balaban J connectivity index is 1.33. The van der Waals surface area contributed by atoms with E-state index < -0.39 is 0 Å². The van der Waals surface area contributed by atoms with E-state index in [1.165, 1.54) is 0 Å². The Morgan fingerprint density at radius 3 is 2.56 bits per heavy atom. The molecule has 0 aromatic heterocycles. The molecule has 2 aliphatic rings. The average Bonchev–Trinajstić information content (AvgIpc) is 3.13. The van der Waals surface area contributed by atoms with E-state index in [4.69, 9.17) is 18.9 Å². The van der Waals surface area contributed by atoms with E-state index in [0.29, 0.717) is 23.7 Å². The monoisotopic (exact) mass is 426 g/mol. The van der Waals surface area contributed by atoms with E-state index >= 15 is 0 Å². The molecule has 0 amide bonds. The second-order valence-corrected chi connectivity index (χ2v) is 7.68. The van der Waals surface area contributed by atoms with E-state index in [1.807, 2.05) is 61.5 Å². The second kappa shape index (κ2) is 8.27. The lowest BCUT2D eigenvalue weighted by atomic mass is 10.0. The lowest BCUT2D eigenvalue weighted by molar-refractivity contribution is 0.101. The van der Waals surface area contributed by atoms with Crippen LogP contribution < -0.4 is 18.9 Å². The number of methoxy groups -OCH3 is 1. The van der Waals surface area contributed by atoms with Crippen molar-refractivity contribution in [1.82, 2.24) is 0 Å². The predicted octanol–water partition coefficient (Wildman–Crippen LogP) is 5.60. The highest BCUT2D eigenvalue weighted by Crippen LogP contribution is 2.36. The average molecular weight is 426 g/mol. The fourth-order valence-electron chi connectivity index (χ4n) is 3.72. The SMILES string of the molecule is COc1ccc(COc2ccc3c(c2)O/C(=C\C2=Cc4ccccc4O[C@@H]2C)C3=O)cc1. The van der Waals surface area contributed by atoms with Crippen LogP contribution in [0.5, 0.6) is 23.0 Å². The van der Waals surface area contributed by atoms with Crippen LogP contribution in [0.15, 0.2) is 84.1 Å². The van der Waals surface area contributed by atoms with Crippen LogP contribution in [0.25, 0.3) is 6.08 Å². The van der Waals surface area contributed by atoms with Crippen molar-refractivity contribution in [2.45, 2.75) is 19.6 Å². The molecule has 2 heterocycles. The summed E-state index contributed by atoms with van der Waals surface area (Å²) in [5.41, 5.74) is 3.41. The van der Waals surface area contributed by atoms with Crippen LogP contribution in [0.3, 0.4) is 0 Å². The minimum absolute atomic E-state index is 0.145. The van der Waals surface area contributed by atoms with Crippen molar-refractivity contribution < 1.29 is 23.7 Å². The van der Waals surface area contributed by atoms with Crippen LogP contribution in [0.4, 0.5) is 0 Å². The third kappa shape index (κ3) is 3.85. The first-order valence-electron chi connectivity index (χ1n) is 10.4. The molecule has 160 valence electrons. The topological polar surface area (TPSA) is 54.0 Å². The minimum Gasteiger partial charge on any atom is -0.497 e. The fourth-order valence-corrected chi connectivity index (χ4v) is 3.72. The first-order chi connectivity index (χ1) is 15.6. The maximum absolute atomic E-state index is 12.9. The zero-order valence-electron chi connectivity index (χ0n) is 17.8. The summed E-state index contributed by atoms with van der Waals surface area (Å²) in [4.78, 5) is 12.9. The Morgan fingerprint density at radius 1 is 0.969 bits per heavy atom. The lowest BCUT2D eigenvalue weighted by Crippen LogP contribution is -2.18. The van der Waals surface area contributed by atoms with Crippen LogP contribution in [-0.4, -0.2) is 19.0 Å². The van der Waals surface area contributed by atoms with Crippen LogP contribution in [0.2, 0.25) is 0 Å². The molecular weight excluding hydrogens is 404 g/mol. The Kier molecular flexibility index (Phi) is 5.15. The number of para-hydroxylation sites is 1. The summed E-state index contributed by atoms with van der Waals surface area (Å²) in [6.07, 6.45) is 3.61. The molecule has 5 nitrogen and oxygen atoms in total. The molecule has 32 heavy (non-hydrogen) atoms. The molecule has 0 fully saturated rings. The number of benzene rings is 3. The molecule has 3 aromatic rings. The number of ketones is 1. The van der Waals surface area contributed by atoms with Crippen LogP contribution in [0, 0.1) is 0 Å². The van der Waals surface area contributed by atoms with Crippen molar-refractivity contribution >= 4 is 11.9 Å².